The predicted octanol–water partition coefficient (Wildman–Crippen LogP) is 2.53. The number of carbonyl (C=O) groups is 1. The molecule has 0 radical (unpaired) electrons. The minimum atomic E-state index is -3.98. The standard InChI is InChI=1S/C23H20FN3O5S2/c1-2-9-26-18-13-19-20(32-12-11-31-19)14-21(18)33-23(26)25-22(28)17-4-3-10-27(17)34(29,30)16-7-5-15(24)6-8-16/h1,5-8,13-14,17H,3-4,9-12H2. The van der Waals surface area contributed by atoms with Gasteiger partial charge in [-0.25, -0.2) is 12.8 Å². The van der Waals surface area contributed by atoms with Gasteiger partial charge >= 0.3 is 0 Å². The predicted molar refractivity (Wildman–Crippen MR) is 124 cm³/mol. The molecule has 8 nitrogen and oxygen atoms in total. The lowest BCUT2D eigenvalue weighted by Crippen LogP contribution is -2.40. The first kappa shape index (κ1) is 22.6. The van der Waals surface area contributed by atoms with Crippen LogP contribution in [0.1, 0.15) is 12.8 Å². The quantitative estimate of drug-likeness (QED) is 0.513. The number of halogens is 1. The van der Waals surface area contributed by atoms with Gasteiger partial charge in [0.1, 0.15) is 25.1 Å². The van der Waals surface area contributed by atoms with Crippen molar-refractivity contribution in [3.05, 3.63) is 47.0 Å². The van der Waals surface area contributed by atoms with Crippen LogP contribution in [0.3, 0.4) is 0 Å². The molecule has 176 valence electrons. The zero-order chi connectivity index (χ0) is 23.9. The average molecular weight is 502 g/mol. The molecule has 1 aromatic heterocycles. The van der Waals surface area contributed by atoms with Crippen LogP contribution >= 0.6 is 11.3 Å². The number of hydrogen-bond acceptors (Lipinski definition) is 6. The molecule has 0 spiro atoms. The summed E-state index contributed by atoms with van der Waals surface area (Å²) in [6.07, 6.45) is 6.43. The summed E-state index contributed by atoms with van der Waals surface area (Å²) >= 11 is 1.27. The van der Waals surface area contributed by atoms with Crippen molar-refractivity contribution in [2.24, 2.45) is 4.99 Å². The zero-order valence-electron chi connectivity index (χ0n) is 17.9. The Hall–Kier alpha value is -3.20. The number of hydrogen-bond donors (Lipinski definition) is 0. The number of nitrogens with zero attached hydrogens (tertiary/aromatic N) is 3. The number of fused-ring (bicyclic) bond motifs is 2. The van der Waals surface area contributed by atoms with Crippen LogP contribution in [0.4, 0.5) is 4.39 Å². The summed E-state index contributed by atoms with van der Waals surface area (Å²) in [5, 5.41) is 0. The molecular formula is C23H20FN3O5S2. The molecule has 1 fully saturated rings. The highest BCUT2D eigenvalue weighted by atomic mass is 32.2. The molecule has 2 aromatic carbocycles. The Morgan fingerprint density at radius 1 is 1.21 bits per heavy atom. The summed E-state index contributed by atoms with van der Waals surface area (Å²) in [6, 6.07) is 7.24. The Labute approximate surface area is 199 Å². The Balaban J connectivity index is 1.53. The van der Waals surface area contributed by atoms with E-state index >= 15 is 0 Å². The van der Waals surface area contributed by atoms with Gasteiger partial charge in [-0.05, 0) is 37.1 Å². The molecule has 5 rings (SSSR count). The van der Waals surface area contributed by atoms with E-state index in [-0.39, 0.29) is 18.0 Å². The highest BCUT2D eigenvalue weighted by Crippen LogP contribution is 2.35. The van der Waals surface area contributed by atoms with E-state index in [0.717, 1.165) is 26.7 Å². The number of thiazole rings is 1. The molecule has 3 aromatic rings. The van der Waals surface area contributed by atoms with E-state index in [2.05, 4.69) is 10.9 Å². The summed E-state index contributed by atoms with van der Waals surface area (Å²) in [7, 11) is -3.98. The molecule has 1 amide bonds. The van der Waals surface area contributed by atoms with Gasteiger partial charge in [-0.3, -0.25) is 4.79 Å². The maximum absolute atomic E-state index is 13.3. The van der Waals surface area contributed by atoms with Crippen LogP contribution in [0.5, 0.6) is 11.5 Å². The van der Waals surface area contributed by atoms with E-state index in [1.165, 1.54) is 23.5 Å². The number of amides is 1. The maximum Gasteiger partial charge on any atom is 0.266 e. The summed E-state index contributed by atoms with van der Waals surface area (Å²) in [6.45, 7) is 1.25. The van der Waals surface area contributed by atoms with Gasteiger partial charge in [0.2, 0.25) is 10.0 Å². The molecule has 2 aliphatic rings. The summed E-state index contributed by atoms with van der Waals surface area (Å²) < 4.78 is 54.5. The molecular weight excluding hydrogens is 481 g/mol. The normalized spacial score (nSPS) is 18.8. The van der Waals surface area contributed by atoms with Crippen LogP contribution in [0.25, 0.3) is 10.2 Å². The molecule has 1 unspecified atom stereocenters. The number of rotatable bonds is 4. The lowest BCUT2D eigenvalue weighted by atomic mass is 10.2. The lowest BCUT2D eigenvalue weighted by molar-refractivity contribution is -0.121. The Morgan fingerprint density at radius 3 is 2.62 bits per heavy atom. The van der Waals surface area contributed by atoms with Crippen molar-refractivity contribution in [3.8, 4) is 23.8 Å². The van der Waals surface area contributed by atoms with Crippen LogP contribution in [0.15, 0.2) is 46.3 Å². The number of carbonyl (C=O) groups excluding carboxylic acids is 1. The smallest absolute Gasteiger partial charge is 0.266 e. The molecule has 1 atom stereocenters. The van der Waals surface area contributed by atoms with Crippen molar-refractivity contribution in [2.75, 3.05) is 19.8 Å². The Kier molecular flexibility index (Phi) is 5.89. The SMILES string of the molecule is C#CCn1c(=NC(=O)C2CCCN2S(=O)(=O)c2ccc(F)cc2)sc2cc3c(cc21)OCCO3. The van der Waals surface area contributed by atoms with E-state index < -0.39 is 27.8 Å². The van der Waals surface area contributed by atoms with Crippen molar-refractivity contribution in [1.29, 1.82) is 0 Å². The van der Waals surface area contributed by atoms with E-state index in [0.29, 0.717) is 42.4 Å². The van der Waals surface area contributed by atoms with Crippen LogP contribution in [-0.2, 0) is 21.4 Å². The van der Waals surface area contributed by atoms with Crippen molar-refractivity contribution >= 4 is 37.5 Å². The Bertz CT molecular complexity index is 1490. The molecule has 34 heavy (non-hydrogen) atoms. The summed E-state index contributed by atoms with van der Waals surface area (Å²) in [5.41, 5.74) is 0.751. The highest BCUT2D eigenvalue weighted by Gasteiger charge is 2.39. The maximum atomic E-state index is 13.3. The Morgan fingerprint density at radius 2 is 1.91 bits per heavy atom. The fourth-order valence-electron chi connectivity index (χ4n) is 4.12. The summed E-state index contributed by atoms with van der Waals surface area (Å²) in [5.74, 6) is 2.66. The van der Waals surface area contributed by atoms with Crippen LogP contribution < -0.4 is 14.3 Å². The van der Waals surface area contributed by atoms with E-state index in [9.17, 15) is 17.6 Å². The van der Waals surface area contributed by atoms with Gasteiger partial charge in [-0.15, -0.1) is 6.42 Å². The van der Waals surface area contributed by atoms with Crippen LogP contribution in [0, 0.1) is 18.2 Å². The van der Waals surface area contributed by atoms with Gasteiger partial charge in [0.15, 0.2) is 16.3 Å². The molecule has 0 bridgehead atoms. The first-order valence-electron chi connectivity index (χ1n) is 10.6. The van der Waals surface area contributed by atoms with Gasteiger partial charge in [-0.1, -0.05) is 17.3 Å². The zero-order valence-corrected chi connectivity index (χ0v) is 19.6. The number of aromatic nitrogens is 1. The lowest BCUT2D eigenvalue weighted by Gasteiger charge is -2.21. The number of sulfonamides is 1. The molecule has 2 aliphatic heterocycles. The first-order valence-corrected chi connectivity index (χ1v) is 12.9. The first-order chi connectivity index (χ1) is 16.4. The van der Waals surface area contributed by atoms with Gasteiger partial charge in [0.25, 0.3) is 5.91 Å². The minimum Gasteiger partial charge on any atom is -0.486 e. The van der Waals surface area contributed by atoms with Crippen LogP contribution in [-0.4, -0.2) is 49.0 Å². The van der Waals surface area contributed by atoms with Gasteiger partial charge in [0, 0.05) is 18.7 Å². The molecule has 11 heteroatoms. The van der Waals surface area contributed by atoms with Gasteiger partial charge in [-0.2, -0.15) is 9.30 Å². The minimum absolute atomic E-state index is 0.0663. The number of ether oxygens (including phenoxy) is 2. The third kappa shape index (κ3) is 3.98. The van der Waals surface area contributed by atoms with Gasteiger partial charge in [0.05, 0.1) is 21.7 Å². The monoisotopic (exact) mass is 501 g/mol. The van der Waals surface area contributed by atoms with Crippen molar-refractivity contribution in [1.82, 2.24) is 8.87 Å². The van der Waals surface area contributed by atoms with Crippen molar-refractivity contribution in [3.63, 3.8) is 0 Å². The van der Waals surface area contributed by atoms with Crippen molar-refractivity contribution in [2.45, 2.75) is 30.3 Å². The summed E-state index contributed by atoms with van der Waals surface area (Å²) in [4.78, 5) is 17.8. The number of benzene rings is 2. The second-order valence-electron chi connectivity index (χ2n) is 7.82. The second kappa shape index (κ2) is 8.87. The fraction of sp³-hybridized carbons (Fsp3) is 0.304. The van der Waals surface area contributed by atoms with Crippen molar-refractivity contribution < 1.29 is 27.1 Å². The second-order valence-corrected chi connectivity index (χ2v) is 10.7. The highest BCUT2D eigenvalue weighted by molar-refractivity contribution is 7.89. The average Bonchev–Trinajstić information content (AvgIpc) is 3.44. The molecule has 0 aliphatic carbocycles. The fourth-order valence-corrected chi connectivity index (χ4v) is 6.82. The van der Waals surface area contributed by atoms with E-state index in [1.807, 2.05) is 12.1 Å². The van der Waals surface area contributed by atoms with E-state index in [1.54, 1.807) is 4.57 Å². The third-order valence-corrected chi connectivity index (χ3v) is 8.67. The van der Waals surface area contributed by atoms with E-state index in [4.69, 9.17) is 15.9 Å². The van der Waals surface area contributed by atoms with Gasteiger partial charge < -0.3 is 14.0 Å². The topological polar surface area (TPSA) is 90.2 Å². The van der Waals surface area contributed by atoms with Crippen LogP contribution in [0.2, 0.25) is 0 Å². The molecule has 3 heterocycles. The molecule has 1 saturated heterocycles. The molecule has 0 N–H and O–H groups in total. The largest absolute Gasteiger partial charge is 0.486 e. The molecule has 0 saturated carbocycles. The third-order valence-electron chi connectivity index (χ3n) is 5.71. The number of terminal acetylenes is 1.